The molecule has 2 aromatic rings. The minimum absolute atomic E-state index is 0.184. The Kier molecular flexibility index (Phi) is 4.93. The van der Waals surface area contributed by atoms with Gasteiger partial charge in [-0.1, -0.05) is 48.5 Å². The number of para-hydroxylation sites is 1. The van der Waals surface area contributed by atoms with Crippen LogP contribution in [-0.2, 0) is 4.79 Å². The molecular formula is C22H26N2O2. The van der Waals surface area contributed by atoms with Crippen LogP contribution < -0.4 is 10.5 Å². The van der Waals surface area contributed by atoms with Crippen molar-refractivity contribution in [3.8, 4) is 16.9 Å². The van der Waals surface area contributed by atoms with E-state index in [0.29, 0.717) is 24.9 Å². The molecule has 3 atom stereocenters. The molecular weight excluding hydrogens is 324 g/mol. The SMILES string of the molecule is NC1CCC2CN(C(=O)CCOc3ccccc3-c3ccccc3)CC12. The number of nitrogens with two attached hydrogens (primary N) is 1. The van der Waals surface area contributed by atoms with Crippen molar-refractivity contribution < 1.29 is 9.53 Å². The number of carbonyl (C=O) groups is 1. The first kappa shape index (κ1) is 17.1. The molecule has 136 valence electrons. The molecule has 3 unspecified atom stereocenters. The van der Waals surface area contributed by atoms with E-state index in [0.717, 1.165) is 42.8 Å². The molecule has 2 N–H and O–H groups in total. The average molecular weight is 350 g/mol. The number of benzene rings is 2. The maximum Gasteiger partial charge on any atom is 0.226 e. The number of carbonyl (C=O) groups excluding carboxylic acids is 1. The summed E-state index contributed by atoms with van der Waals surface area (Å²) in [6, 6.07) is 18.4. The normalized spacial score (nSPS) is 24.5. The number of hydrogen-bond acceptors (Lipinski definition) is 3. The summed E-state index contributed by atoms with van der Waals surface area (Å²) in [5.74, 6) is 2.11. The van der Waals surface area contributed by atoms with E-state index in [1.54, 1.807) is 0 Å². The second kappa shape index (κ2) is 7.50. The first-order valence-electron chi connectivity index (χ1n) is 9.53. The van der Waals surface area contributed by atoms with E-state index in [1.165, 1.54) is 0 Å². The Morgan fingerprint density at radius 2 is 1.81 bits per heavy atom. The van der Waals surface area contributed by atoms with Gasteiger partial charge in [-0.25, -0.2) is 0 Å². The van der Waals surface area contributed by atoms with Gasteiger partial charge in [-0.05, 0) is 36.3 Å². The highest BCUT2D eigenvalue weighted by atomic mass is 16.5. The number of likely N-dealkylation sites (tertiary alicyclic amines) is 1. The lowest BCUT2D eigenvalue weighted by atomic mass is 9.98. The number of nitrogens with zero attached hydrogens (tertiary/aromatic N) is 1. The Bertz CT molecular complexity index is 762. The van der Waals surface area contributed by atoms with Crippen molar-refractivity contribution in [3.63, 3.8) is 0 Å². The van der Waals surface area contributed by atoms with Crippen molar-refractivity contribution in [3.05, 3.63) is 54.6 Å². The molecule has 4 rings (SSSR count). The lowest BCUT2D eigenvalue weighted by Crippen LogP contribution is -2.34. The van der Waals surface area contributed by atoms with Gasteiger partial charge < -0.3 is 15.4 Å². The molecule has 0 radical (unpaired) electrons. The molecule has 1 saturated heterocycles. The predicted molar refractivity (Wildman–Crippen MR) is 103 cm³/mol. The van der Waals surface area contributed by atoms with Crippen LogP contribution in [0, 0.1) is 11.8 Å². The molecule has 4 heteroatoms. The third-order valence-electron chi connectivity index (χ3n) is 5.81. The van der Waals surface area contributed by atoms with Gasteiger partial charge in [-0.2, -0.15) is 0 Å². The Hall–Kier alpha value is -2.33. The maximum atomic E-state index is 12.5. The maximum absolute atomic E-state index is 12.5. The number of fused-ring (bicyclic) bond motifs is 1. The Morgan fingerprint density at radius 1 is 1.04 bits per heavy atom. The van der Waals surface area contributed by atoms with Gasteiger partial charge in [0.1, 0.15) is 5.75 Å². The highest BCUT2D eigenvalue weighted by molar-refractivity contribution is 5.77. The van der Waals surface area contributed by atoms with E-state index in [2.05, 4.69) is 18.2 Å². The summed E-state index contributed by atoms with van der Waals surface area (Å²) in [5.41, 5.74) is 8.35. The first-order valence-corrected chi connectivity index (χ1v) is 9.53. The van der Waals surface area contributed by atoms with Crippen LogP contribution in [0.2, 0.25) is 0 Å². The molecule has 1 aliphatic heterocycles. The predicted octanol–water partition coefficient (Wildman–Crippen LogP) is 3.32. The van der Waals surface area contributed by atoms with Gasteiger partial charge in [0.05, 0.1) is 13.0 Å². The molecule has 1 amide bonds. The van der Waals surface area contributed by atoms with Gasteiger partial charge in [0.2, 0.25) is 5.91 Å². The van der Waals surface area contributed by atoms with Gasteiger partial charge in [0, 0.05) is 24.7 Å². The number of hydrogen-bond donors (Lipinski definition) is 1. The van der Waals surface area contributed by atoms with Crippen LogP contribution in [0.1, 0.15) is 19.3 Å². The van der Waals surface area contributed by atoms with Crippen LogP contribution in [0.15, 0.2) is 54.6 Å². The van der Waals surface area contributed by atoms with Gasteiger partial charge >= 0.3 is 0 Å². The van der Waals surface area contributed by atoms with Crippen LogP contribution in [0.25, 0.3) is 11.1 Å². The second-order valence-corrected chi connectivity index (χ2v) is 7.42. The van der Waals surface area contributed by atoms with Gasteiger partial charge in [0.25, 0.3) is 0 Å². The van der Waals surface area contributed by atoms with Crippen molar-refractivity contribution >= 4 is 5.91 Å². The molecule has 0 aromatic heterocycles. The topological polar surface area (TPSA) is 55.6 Å². The summed E-state index contributed by atoms with van der Waals surface area (Å²) in [4.78, 5) is 14.5. The molecule has 1 saturated carbocycles. The fourth-order valence-corrected chi connectivity index (χ4v) is 4.37. The number of ether oxygens (including phenoxy) is 1. The lowest BCUT2D eigenvalue weighted by molar-refractivity contribution is -0.131. The summed E-state index contributed by atoms with van der Waals surface area (Å²) < 4.78 is 5.96. The minimum atomic E-state index is 0.184. The Labute approximate surface area is 155 Å². The molecule has 2 fully saturated rings. The van der Waals surface area contributed by atoms with E-state index in [4.69, 9.17) is 10.5 Å². The lowest BCUT2D eigenvalue weighted by Gasteiger charge is -2.19. The first-order chi connectivity index (χ1) is 12.7. The summed E-state index contributed by atoms with van der Waals surface area (Å²) in [7, 11) is 0. The van der Waals surface area contributed by atoms with E-state index in [-0.39, 0.29) is 11.9 Å². The fourth-order valence-electron chi connectivity index (χ4n) is 4.37. The highest BCUT2D eigenvalue weighted by Gasteiger charge is 2.42. The fraction of sp³-hybridized carbons (Fsp3) is 0.409. The van der Waals surface area contributed by atoms with Crippen LogP contribution in [0.4, 0.5) is 0 Å². The Balaban J connectivity index is 1.34. The van der Waals surface area contributed by atoms with Crippen molar-refractivity contribution in [2.24, 2.45) is 17.6 Å². The largest absolute Gasteiger partial charge is 0.492 e. The van der Waals surface area contributed by atoms with Crippen molar-refractivity contribution in [2.75, 3.05) is 19.7 Å². The van der Waals surface area contributed by atoms with Crippen LogP contribution in [-0.4, -0.2) is 36.5 Å². The monoisotopic (exact) mass is 350 g/mol. The van der Waals surface area contributed by atoms with Crippen molar-refractivity contribution in [1.29, 1.82) is 0 Å². The molecule has 0 bridgehead atoms. The third kappa shape index (κ3) is 3.47. The van der Waals surface area contributed by atoms with Gasteiger partial charge in [0.15, 0.2) is 0 Å². The zero-order valence-electron chi connectivity index (χ0n) is 15.0. The highest BCUT2D eigenvalue weighted by Crippen LogP contribution is 2.37. The Morgan fingerprint density at radius 3 is 2.62 bits per heavy atom. The third-order valence-corrected chi connectivity index (χ3v) is 5.81. The molecule has 0 spiro atoms. The van der Waals surface area contributed by atoms with Crippen LogP contribution in [0.3, 0.4) is 0 Å². The molecule has 26 heavy (non-hydrogen) atoms. The van der Waals surface area contributed by atoms with E-state index in [9.17, 15) is 4.79 Å². The van der Waals surface area contributed by atoms with Crippen molar-refractivity contribution in [2.45, 2.75) is 25.3 Å². The quantitative estimate of drug-likeness (QED) is 0.900. The van der Waals surface area contributed by atoms with E-state index in [1.807, 2.05) is 41.3 Å². The summed E-state index contributed by atoms with van der Waals surface area (Å²) in [6.45, 7) is 2.10. The van der Waals surface area contributed by atoms with E-state index < -0.39 is 0 Å². The second-order valence-electron chi connectivity index (χ2n) is 7.42. The standard InChI is InChI=1S/C22H26N2O2/c23-20-11-10-17-14-24(15-19(17)20)22(25)12-13-26-21-9-5-4-8-18(21)16-6-2-1-3-7-16/h1-9,17,19-20H,10-15,23H2. The molecule has 1 aliphatic carbocycles. The van der Waals surface area contributed by atoms with Crippen LogP contribution in [0.5, 0.6) is 5.75 Å². The van der Waals surface area contributed by atoms with Crippen molar-refractivity contribution in [1.82, 2.24) is 4.90 Å². The smallest absolute Gasteiger partial charge is 0.226 e. The zero-order chi connectivity index (χ0) is 17.9. The summed E-state index contributed by atoms with van der Waals surface area (Å²) in [6.07, 6.45) is 2.69. The van der Waals surface area contributed by atoms with Gasteiger partial charge in [-0.3, -0.25) is 4.79 Å². The molecule has 2 aliphatic rings. The number of rotatable bonds is 5. The minimum Gasteiger partial charge on any atom is -0.492 e. The zero-order valence-corrected chi connectivity index (χ0v) is 15.0. The van der Waals surface area contributed by atoms with Crippen LogP contribution >= 0.6 is 0 Å². The molecule has 2 aromatic carbocycles. The average Bonchev–Trinajstić information content (AvgIpc) is 3.25. The summed E-state index contributed by atoms with van der Waals surface area (Å²) >= 11 is 0. The molecule has 4 nitrogen and oxygen atoms in total. The van der Waals surface area contributed by atoms with Gasteiger partial charge in [-0.15, -0.1) is 0 Å². The molecule has 1 heterocycles. The summed E-state index contributed by atoms with van der Waals surface area (Å²) in [5, 5.41) is 0. The van der Waals surface area contributed by atoms with E-state index >= 15 is 0 Å². The number of amides is 1.